The SMILES string of the molecule is Cc1ccccc1C(=O)N1CC2CC=CCC2C1. The minimum atomic E-state index is 0.211. The number of rotatable bonds is 1. The molecule has 2 unspecified atom stereocenters. The van der Waals surface area contributed by atoms with Crippen LogP contribution in [0.15, 0.2) is 36.4 Å². The van der Waals surface area contributed by atoms with Gasteiger partial charge in [-0.15, -0.1) is 0 Å². The first-order valence-corrected chi connectivity index (χ1v) is 6.75. The molecule has 0 N–H and O–H groups in total. The van der Waals surface area contributed by atoms with Gasteiger partial charge in [-0.2, -0.15) is 0 Å². The highest BCUT2D eigenvalue weighted by atomic mass is 16.2. The van der Waals surface area contributed by atoms with Crippen molar-refractivity contribution in [1.29, 1.82) is 0 Å². The molecule has 1 aliphatic carbocycles. The van der Waals surface area contributed by atoms with E-state index in [1.54, 1.807) is 0 Å². The molecule has 2 nitrogen and oxygen atoms in total. The van der Waals surface area contributed by atoms with E-state index in [1.807, 2.05) is 36.1 Å². The third kappa shape index (κ3) is 1.96. The number of allylic oxidation sites excluding steroid dienone is 2. The van der Waals surface area contributed by atoms with Crippen LogP contribution in [0.2, 0.25) is 0 Å². The van der Waals surface area contributed by atoms with Crippen LogP contribution in [0, 0.1) is 18.8 Å². The molecule has 94 valence electrons. The Balaban J connectivity index is 1.77. The van der Waals surface area contributed by atoms with Crippen molar-refractivity contribution in [2.45, 2.75) is 19.8 Å². The number of nitrogens with zero attached hydrogens (tertiary/aromatic N) is 1. The Kier molecular flexibility index (Phi) is 2.94. The van der Waals surface area contributed by atoms with Crippen LogP contribution in [-0.2, 0) is 0 Å². The summed E-state index contributed by atoms with van der Waals surface area (Å²) in [5.74, 6) is 1.58. The van der Waals surface area contributed by atoms with Crippen LogP contribution < -0.4 is 0 Å². The van der Waals surface area contributed by atoms with Gasteiger partial charge in [0.25, 0.3) is 5.91 Å². The molecule has 0 saturated carbocycles. The Hall–Kier alpha value is -1.57. The number of carbonyl (C=O) groups excluding carboxylic acids is 1. The van der Waals surface area contributed by atoms with Gasteiger partial charge in [0.2, 0.25) is 0 Å². The van der Waals surface area contributed by atoms with Crippen LogP contribution in [0.25, 0.3) is 0 Å². The van der Waals surface area contributed by atoms with Gasteiger partial charge in [-0.3, -0.25) is 4.79 Å². The molecule has 0 aromatic heterocycles. The maximum Gasteiger partial charge on any atom is 0.254 e. The first-order chi connectivity index (χ1) is 8.75. The molecule has 3 rings (SSSR count). The number of benzene rings is 1. The number of likely N-dealkylation sites (tertiary alicyclic amines) is 1. The zero-order valence-corrected chi connectivity index (χ0v) is 10.8. The summed E-state index contributed by atoms with van der Waals surface area (Å²) in [5.41, 5.74) is 1.94. The molecular formula is C16H19NO. The summed E-state index contributed by atoms with van der Waals surface area (Å²) >= 11 is 0. The largest absolute Gasteiger partial charge is 0.338 e. The molecule has 0 spiro atoms. The number of fused-ring (bicyclic) bond motifs is 1. The zero-order chi connectivity index (χ0) is 12.5. The molecule has 1 fully saturated rings. The van der Waals surface area contributed by atoms with Crippen molar-refractivity contribution in [2.24, 2.45) is 11.8 Å². The van der Waals surface area contributed by atoms with Crippen molar-refractivity contribution in [1.82, 2.24) is 4.90 Å². The molecule has 2 aliphatic rings. The fraction of sp³-hybridized carbons (Fsp3) is 0.438. The van der Waals surface area contributed by atoms with Crippen molar-refractivity contribution in [2.75, 3.05) is 13.1 Å². The van der Waals surface area contributed by atoms with E-state index in [-0.39, 0.29) is 5.91 Å². The van der Waals surface area contributed by atoms with Gasteiger partial charge >= 0.3 is 0 Å². The molecule has 0 radical (unpaired) electrons. The number of aryl methyl sites for hydroxylation is 1. The summed E-state index contributed by atoms with van der Waals surface area (Å²) in [5, 5.41) is 0. The fourth-order valence-electron chi connectivity index (χ4n) is 3.16. The maximum atomic E-state index is 12.5. The van der Waals surface area contributed by atoms with Gasteiger partial charge in [0, 0.05) is 18.7 Å². The molecule has 1 saturated heterocycles. The van der Waals surface area contributed by atoms with Crippen LogP contribution in [0.3, 0.4) is 0 Å². The highest BCUT2D eigenvalue weighted by molar-refractivity contribution is 5.95. The van der Waals surface area contributed by atoms with E-state index in [4.69, 9.17) is 0 Å². The van der Waals surface area contributed by atoms with Crippen molar-refractivity contribution in [3.05, 3.63) is 47.5 Å². The zero-order valence-electron chi connectivity index (χ0n) is 10.8. The number of hydrogen-bond donors (Lipinski definition) is 0. The van der Waals surface area contributed by atoms with Gasteiger partial charge in [-0.1, -0.05) is 30.4 Å². The van der Waals surface area contributed by atoms with Crippen LogP contribution in [0.1, 0.15) is 28.8 Å². The Morgan fingerprint density at radius 2 is 1.72 bits per heavy atom. The van der Waals surface area contributed by atoms with E-state index in [0.717, 1.165) is 37.1 Å². The number of hydrogen-bond acceptors (Lipinski definition) is 1. The summed E-state index contributed by atoms with van der Waals surface area (Å²) in [6.45, 7) is 3.88. The lowest BCUT2D eigenvalue weighted by Gasteiger charge is -2.17. The van der Waals surface area contributed by atoms with E-state index in [0.29, 0.717) is 11.8 Å². The quantitative estimate of drug-likeness (QED) is 0.692. The molecule has 18 heavy (non-hydrogen) atoms. The summed E-state index contributed by atoms with van der Waals surface area (Å²) in [6, 6.07) is 7.89. The summed E-state index contributed by atoms with van der Waals surface area (Å²) in [7, 11) is 0. The molecule has 1 amide bonds. The van der Waals surface area contributed by atoms with Gasteiger partial charge < -0.3 is 4.90 Å². The second-order valence-corrected chi connectivity index (χ2v) is 5.49. The smallest absolute Gasteiger partial charge is 0.254 e. The summed E-state index contributed by atoms with van der Waals surface area (Å²) < 4.78 is 0. The number of carbonyl (C=O) groups is 1. The molecule has 2 atom stereocenters. The van der Waals surface area contributed by atoms with Gasteiger partial charge in [0.05, 0.1) is 0 Å². The molecule has 0 bridgehead atoms. The van der Waals surface area contributed by atoms with Crippen molar-refractivity contribution in [3.8, 4) is 0 Å². The van der Waals surface area contributed by atoms with Crippen molar-refractivity contribution in [3.63, 3.8) is 0 Å². The Morgan fingerprint density at radius 1 is 1.11 bits per heavy atom. The normalized spacial score (nSPS) is 26.2. The third-order valence-electron chi connectivity index (χ3n) is 4.28. The van der Waals surface area contributed by atoms with E-state index >= 15 is 0 Å². The standard InChI is InChI=1S/C16H19NO/c1-12-6-2-5-9-15(12)16(18)17-10-13-7-3-4-8-14(13)11-17/h2-6,9,13-14H,7-8,10-11H2,1H3. The minimum Gasteiger partial charge on any atom is -0.338 e. The minimum absolute atomic E-state index is 0.211. The predicted molar refractivity (Wildman–Crippen MR) is 72.4 cm³/mol. The van der Waals surface area contributed by atoms with Gasteiger partial charge in [0.1, 0.15) is 0 Å². The van der Waals surface area contributed by atoms with E-state index in [2.05, 4.69) is 12.2 Å². The molecule has 1 heterocycles. The fourth-order valence-corrected chi connectivity index (χ4v) is 3.16. The van der Waals surface area contributed by atoms with E-state index in [1.165, 1.54) is 0 Å². The second-order valence-electron chi connectivity index (χ2n) is 5.49. The first-order valence-electron chi connectivity index (χ1n) is 6.75. The lowest BCUT2D eigenvalue weighted by molar-refractivity contribution is 0.0783. The molecular weight excluding hydrogens is 222 g/mol. The molecule has 1 aromatic carbocycles. The highest BCUT2D eigenvalue weighted by Gasteiger charge is 2.35. The van der Waals surface area contributed by atoms with E-state index < -0.39 is 0 Å². The lowest BCUT2D eigenvalue weighted by atomic mass is 9.86. The Bertz CT molecular complexity index is 476. The number of amides is 1. The van der Waals surface area contributed by atoms with Gasteiger partial charge in [0.15, 0.2) is 0 Å². The van der Waals surface area contributed by atoms with Crippen LogP contribution in [0.5, 0.6) is 0 Å². The average Bonchev–Trinajstić information content (AvgIpc) is 2.82. The summed E-state index contributed by atoms with van der Waals surface area (Å²) in [4.78, 5) is 14.6. The highest BCUT2D eigenvalue weighted by Crippen LogP contribution is 2.33. The predicted octanol–water partition coefficient (Wildman–Crippen LogP) is 3.03. The molecule has 1 aromatic rings. The van der Waals surface area contributed by atoms with Crippen molar-refractivity contribution >= 4 is 5.91 Å². The van der Waals surface area contributed by atoms with Crippen LogP contribution in [0.4, 0.5) is 0 Å². The monoisotopic (exact) mass is 241 g/mol. The topological polar surface area (TPSA) is 20.3 Å². The van der Waals surface area contributed by atoms with Crippen molar-refractivity contribution < 1.29 is 4.79 Å². The average molecular weight is 241 g/mol. The van der Waals surface area contributed by atoms with Crippen LogP contribution >= 0.6 is 0 Å². The Morgan fingerprint density at radius 3 is 2.33 bits per heavy atom. The summed E-state index contributed by atoms with van der Waals surface area (Å²) in [6.07, 6.45) is 6.82. The Labute approximate surface area is 108 Å². The third-order valence-corrected chi connectivity index (χ3v) is 4.28. The first kappa shape index (κ1) is 11.5. The van der Waals surface area contributed by atoms with E-state index in [9.17, 15) is 4.79 Å². The van der Waals surface area contributed by atoms with Gasteiger partial charge in [-0.25, -0.2) is 0 Å². The molecule has 2 heteroatoms. The van der Waals surface area contributed by atoms with Gasteiger partial charge in [-0.05, 0) is 43.2 Å². The molecule has 1 aliphatic heterocycles. The lowest BCUT2D eigenvalue weighted by Crippen LogP contribution is -2.29. The maximum absolute atomic E-state index is 12.5. The second kappa shape index (κ2) is 4.60. The van der Waals surface area contributed by atoms with Crippen LogP contribution in [-0.4, -0.2) is 23.9 Å².